The van der Waals surface area contributed by atoms with E-state index in [1.54, 1.807) is 0 Å². The fourth-order valence-corrected chi connectivity index (χ4v) is 4.08. The summed E-state index contributed by atoms with van der Waals surface area (Å²) in [6, 6.07) is 10.0. The topological polar surface area (TPSA) is 61.8 Å². The molecule has 128 valence electrons. The van der Waals surface area contributed by atoms with Gasteiger partial charge in [0.2, 0.25) is 5.91 Å². The van der Waals surface area contributed by atoms with E-state index in [0.717, 1.165) is 37.5 Å². The third-order valence-electron chi connectivity index (χ3n) is 4.30. The van der Waals surface area contributed by atoms with Crippen LogP contribution in [0.15, 0.2) is 35.3 Å². The fraction of sp³-hybridized carbons (Fsp3) is 0.500. The standard InChI is InChI=1S/C18H23N3O2S/c22-16(19-10-9-14-7-3-1-4-8-14)13-15-17(23)20-18(24-15)21-11-5-2-6-12-21/h1,3-4,7-8,15H,2,5-6,9-13H2,(H,19,22)/t15-/m1/s1. The SMILES string of the molecule is O=C(C[C@H]1SC(N2CCCCC2)=NC1=O)NCCc1ccccc1. The maximum atomic E-state index is 12.1. The van der Waals surface area contributed by atoms with Gasteiger partial charge in [0.15, 0.2) is 5.17 Å². The van der Waals surface area contributed by atoms with Crippen LogP contribution in [0.5, 0.6) is 0 Å². The van der Waals surface area contributed by atoms with Crippen LogP contribution < -0.4 is 5.32 Å². The lowest BCUT2D eigenvalue weighted by Gasteiger charge is -2.27. The molecule has 0 unspecified atom stereocenters. The molecule has 0 aliphatic carbocycles. The molecule has 2 heterocycles. The van der Waals surface area contributed by atoms with Crippen molar-refractivity contribution in [3.63, 3.8) is 0 Å². The van der Waals surface area contributed by atoms with E-state index in [2.05, 4.69) is 15.2 Å². The number of aliphatic imine (C=N–C) groups is 1. The number of hydrogen-bond acceptors (Lipinski definition) is 4. The maximum Gasteiger partial charge on any atom is 0.262 e. The number of benzene rings is 1. The van der Waals surface area contributed by atoms with Gasteiger partial charge in [-0.2, -0.15) is 4.99 Å². The van der Waals surface area contributed by atoms with E-state index in [-0.39, 0.29) is 23.5 Å². The Morgan fingerprint density at radius 3 is 2.71 bits per heavy atom. The number of thioether (sulfide) groups is 1. The second-order valence-corrected chi connectivity index (χ2v) is 7.35. The molecule has 2 amide bonds. The predicted molar refractivity (Wildman–Crippen MR) is 97.0 cm³/mol. The Morgan fingerprint density at radius 1 is 1.21 bits per heavy atom. The van der Waals surface area contributed by atoms with Crippen LogP contribution in [0.4, 0.5) is 0 Å². The third-order valence-corrected chi connectivity index (χ3v) is 5.52. The van der Waals surface area contributed by atoms with Crippen molar-refractivity contribution in [3.05, 3.63) is 35.9 Å². The minimum absolute atomic E-state index is 0.0770. The number of hydrogen-bond donors (Lipinski definition) is 1. The highest BCUT2D eigenvalue weighted by Crippen LogP contribution is 2.28. The Morgan fingerprint density at radius 2 is 1.96 bits per heavy atom. The van der Waals surface area contributed by atoms with Crippen LogP contribution in [0.2, 0.25) is 0 Å². The predicted octanol–water partition coefficient (Wildman–Crippen LogP) is 2.22. The molecule has 0 radical (unpaired) electrons. The van der Waals surface area contributed by atoms with E-state index in [0.29, 0.717) is 6.54 Å². The van der Waals surface area contributed by atoms with Crippen molar-refractivity contribution in [1.82, 2.24) is 10.2 Å². The molecule has 2 aliphatic rings. The molecule has 24 heavy (non-hydrogen) atoms. The highest BCUT2D eigenvalue weighted by atomic mass is 32.2. The number of nitrogens with zero attached hydrogens (tertiary/aromatic N) is 2. The second kappa shape index (κ2) is 8.33. The lowest BCUT2D eigenvalue weighted by atomic mass is 10.1. The number of amides is 2. The van der Waals surface area contributed by atoms with E-state index in [9.17, 15) is 9.59 Å². The van der Waals surface area contributed by atoms with Gasteiger partial charge in [-0.1, -0.05) is 42.1 Å². The van der Waals surface area contributed by atoms with Crippen LogP contribution in [0, 0.1) is 0 Å². The lowest BCUT2D eigenvalue weighted by molar-refractivity contribution is -0.124. The Labute approximate surface area is 146 Å². The summed E-state index contributed by atoms with van der Waals surface area (Å²) in [7, 11) is 0. The molecule has 1 N–H and O–H groups in total. The zero-order chi connectivity index (χ0) is 16.8. The molecule has 0 bridgehead atoms. The molecule has 1 saturated heterocycles. The Kier molecular flexibility index (Phi) is 5.91. The summed E-state index contributed by atoms with van der Waals surface area (Å²) in [5.74, 6) is -0.245. The highest BCUT2D eigenvalue weighted by Gasteiger charge is 2.33. The van der Waals surface area contributed by atoms with E-state index in [1.165, 1.54) is 23.7 Å². The van der Waals surface area contributed by atoms with Crippen LogP contribution in [0.3, 0.4) is 0 Å². The monoisotopic (exact) mass is 345 g/mol. The second-order valence-electron chi connectivity index (χ2n) is 6.18. The summed E-state index contributed by atoms with van der Waals surface area (Å²) in [5, 5.41) is 3.35. The average Bonchev–Trinajstić information content (AvgIpc) is 2.97. The smallest absolute Gasteiger partial charge is 0.262 e. The molecule has 1 atom stereocenters. The number of carbonyl (C=O) groups excluding carboxylic acids is 2. The van der Waals surface area contributed by atoms with Crippen LogP contribution in [-0.4, -0.2) is 46.8 Å². The van der Waals surface area contributed by atoms with Gasteiger partial charge in [-0.3, -0.25) is 9.59 Å². The molecule has 0 aromatic heterocycles. The van der Waals surface area contributed by atoms with Gasteiger partial charge in [-0.15, -0.1) is 0 Å². The highest BCUT2D eigenvalue weighted by molar-refractivity contribution is 8.15. The molecule has 1 fully saturated rings. The Hall–Kier alpha value is -1.82. The van der Waals surface area contributed by atoms with Crippen molar-refractivity contribution in [2.45, 2.75) is 37.4 Å². The number of amidine groups is 1. The first-order valence-electron chi connectivity index (χ1n) is 8.57. The summed E-state index contributed by atoms with van der Waals surface area (Å²) in [5.41, 5.74) is 1.19. The van der Waals surface area contributed by atoms with Crippen LogP contribution in [0.25, 0.3) is 0 Å². The van der Waals surface area contributed by atoms with E-state index < -0.39 is 0 Å². The first-order chi connectivity index (χ1) is 11.7. The summed E-state index contributed by atoms with van der Waals surface area (Å²) in [6.07, 6.45) is 4.56. The van der Waals surface area contributed by atoms with Gasteiger partial charge < -0.3 is 10.2 Å². The first kappa shape index (κ1) is 17.0. The summed E-state index contributed by atoms with van der Waals surface area (Å²) >= 11 is 1.45. The van der Waals surface area contributed by atoms with Gasteiger partial charge in [0.05, 0.1) is 0 Å². The Bertz CT molecular complexity index is 612. The minimum Gasteiger partial charge on any atom is -0.356 e. The van der Waals surface area contributed by atoms with E-state index in [4.69, 9.17) is 0 Å². The minimum atomic E-state index is -0.362. The number of piperidine rings is 1. The van der Waals surface area contributed by atoms with Crippen LogP contribution in [0.1, 0.15) is 31.2 Å². The van der Waals surface area contributed by atoms with Gasteiger partial charge in [0.1, 0.15) is 5.25 Å². The summed E-state index contributed by atoms with van der Waals surface area (Å²) in [6.45, 7) is 2.53. The quantitative estimate of drug-likeness (QED) is 0.889. The zero-order valence-electron chi connectivity index (χ0n) is 13.7. The number of carbonyl (C=O) groups is 2. The fourth-order valence-electron chi connectivity index (χ4n) is 2.96. The van der Waals surface area contributed by atoms with Gasteiger partial charge in [0, 0.05) is 26.1 Å². The molecule has 1 aromatic rings. The number of nitrogens with one attached hydrogen (secondary N) is 1. The summed E-state index contributed by atoms with van der Waals surface area (Å²) < 4.78 is 0. The van der Waals surface area contributed by atoms with Gasteiger partial charge in [-0.25, -0.2) is 0 Å². The molecule has 0 saturated carbocycles. The van der Waals surface area contributed by atoms with Gasteiger partial charge >= 0.3 is 0 Å². The number of likely N-dealkylation sites (tertiary alicyclic amines) is 1. The molecule has 1 aromatic carbocycles. The molecule has 6 heteroatoms. The molecule has 3 rings (SSSR count). The molecule has 2 aliphatic heterocycles. The molecular weight excluding hydrogens is 322 g/mol. The third kappa shape index (κ3) is 4.60. The maximum absolute atomic E-state index is 12.1. The van der Waals surface area contributed by atoms with Crippen LogP contribution in [-0.2, 0) is 16.0 Å². The summed E-state index contributed by atoms with van der Waals surface area (Å²) in [4.78, 5) is 30.5. The lowest BCUT2D eigenvalue weighted by Crippen LogP contribution is -2.33. The van der Waals surface area contributed by atoms with Crippen molar-refractivity contribution in [3.8, 4) is 0 Å². The number of rotatable bonds is 5. The average molecular weight is 345 g/mol. The van der Waals surface area contributed by atoms with Crippen molar-refractivity contribution in [2.24, 2.45) is 4.99 Å². The van der Waals surface area contributed by atoms with Gasteiger partial charge in [0.25, 0.3) is 5.91 Å². The van der Waals surface area contributed by atoms with Crippen LogP contribution >= 0.6 is 11.8 Å². The van der Waals surface area contributed by atoms with Crippen molar-refractivity contribution >= 4 is 28.7 Å². The molecule has 0 spiro atoms. The van der Waals surface area contributed by atoms with E-state index >= 15 is 0 Å². The van der Waals surface area contributed by atoms with Crippen molar-refractivity contribution in [2.75, 3.05) is 19.6 Å². The van der Waals surface area contributed by atoms with Crippen molar-refractivity contribution in [1.29, 1.82) is 0 Å². The van der Waals surface area contributed by atoms with E-state index in [1.807, 2.05) is 30.3 Å². The molecular formula is C18H23N3O2S. The van der Waals surface area contributed by atoms with Crippen molar-refractivity contribution < 1.29 is 9.59 Å². The molecule has 5 nitrogen and oxygen atoms in total. The largest absolute Gasteiger partial charge is 0.356 e. The first-order valence-corrected chi connectivity index (χ1v) is 9.45. The normalized spacial score (nSPS) is 20.8. The Balaban J connectivity index is 1.41. The zero-order valence-corrected chi connectivity index (χ0v) is 14.6. The van der Waals surface area contributed by atoms with Gasteiger partial charge in [-0.05, 0) is 31.2 Å².